The zero-order valence-electron chi connectivity index (χ0n) is 12.1. The summed E-state index contributed by atoms with van der Waals surface area (Å²) in [5.41, 5.74) is 0.591. The molecule has 0 aliphatic heterocycles. The smallest absolute Gasteiger partial charge is 0.269 e. The van der Waals surface area contributed by atoms with Gasteiger partial charge in [-0.3, -0.25) is 10.1 Å². The largest absolute Gasteiger partial charge is 0.389 e. The van der Waals surface area contributed by atoms with Gasteiger partial charge in [0.1, 0.15) is 0 Å². The lowest BCUT2D eigenvalue weighted by molar-refractivity contribution is -0.384. The second-order valence-corrected chi connectivity index (χ2v) is 6.92. The van der Waals surface area contributed by atoms with Crippen molar-refractivity contribution in [3.05, 3.63) is 51.4 Å². The molecule has 0 spiro atoms. The van der Waals surface area contributed by atoms with Gasteiger partial charge >= 0.3 is 0 Å². The predicted octanol–water partition coefficient (Wildman–Crippen LogP) is 3.33. The first-order chi connectivity index (χ1) is 10.6. The Hall–Kier alpha value is -1.76. The summed E-state index contributed by atoms with van der Waals surface area (Å²) < 4.78 is 0. The molecule has 116 valence electrons. The summed E-state index contributed by atoms with van der Waals surface area (Å²) in [4.78, 5) is 12.6. The Balaban J connectivity index is 1.59. The number of nitrogens with zero attached hydrogens (tertiary/aromatic N) is 1. The van der Waals surface area contributed by atoms with E-state index in [-0.39, 0.29) is 5.69 Å². The minimum atomic E-state index is -0.502. The van der Waals surface area contributed by atoms with Gasteiger partial charge in [-0.15, -0.1) is 11.3 Å². The van der Waals surface area contributed by atoms with E-state index in [1.54, 1.807) is 23.5 Å². The summed E-state index contributed by atoms with van der Waals surface area (Å²) in [6, 6.07) is 10.7. The molecule has 0 amide bonds. The average Bonchev–Trinajstić information content (AvgIpc) is 2.94. The number of hydrogen-bond acceptors (Lipinski definition) is 5. The standard InChI is InChI=1S/C16H18N2O3S/c19-16(8-1-9-16)11-17-10-14-6-7-15(22-14)12-2-4-13(5-3-12)18(20)21/h2-7,17,19H,1,8-11H2. The van der Waals surface area contributed by atoms with Crippen LogP contribution < -0.4 is 5.32 Å². The van der Waals surface area contributed by atoms with Crippen LogP contribution in [0.4, 0.5) is 5.69 Å². The van der Waals surface area contributed by atoms with Crippen LogP contribution in [0.25, 0.3) is 10.4 Å². The van der Waals surface area contributed by atoms with E-state index in [1.807, 2.05) is 6.07 Å². The van der Waals surface area contributed by atoms with Crippen LogP contribution in [0, 0.1) is 10.1 Å². The van der Waals surface area contributed by atoms with Crippen LogP contribution in [-0.2, 0) is 6.54 Å². The van der Waals surface area contributed by atoms with E-state index >= 15 is 0 Å². The van der Waals surface area contributed by atoms with Gasteiger partial charge in [0.2, 0.25) is 0 Å². The first kappa shape index (κ1) is 15.1. The van der Waals surface area contributed by atoms with Crippen molar-refractivity contribution >= 4 is 17.0 Å². The van der Waals surface area contributed by atoms with Crippen LogP contribution in [0.1, 0.15) is 24.1 Å². The summed E-state index contributed by atoms with van der Waals surface area (Å²) in [5.74, 6) is 0. The van der Waals surface area contributed by atoms with E-state index in [4.69, 9.17) is 0 Å². The molecule has 0 atom stereocenters. The Kier molecular flexibility index (Phi) is 4.24. The third-order valence-electron chi connectivity index (χ3n) is 4.06. The molecule has 0 saturated heterocycles. The van der Waals surface area contributed by atoms with Gasteiger partial charge in [-0.2, -0.15) is 0 Å². The molecule has 2 N–H and O–H groups in total. The van der Waals surface area contributed by atoms with E-state index < -0.39 is 10.5 Å². The molecule has 22 heavy (non-hydrogen) atoms. The van der Waals surface area contributed by atoms with Gasteiger partial charge in [-0.25, -0.2) is 0 Å². The highest BCUT2D eigenvalue weighted by molar-refractivity contribution is 7.15. The van der Waals surface area contributed by atoms with Crippen LogP contribution in [-0.4, -0.2) is 22.2 Å². The van der Waals surface area contributed by atoms with E-state index in [9.17, 15) is 15.2 Å². The number of non-ortho nitro benzene ring substituents is 1. The van der Waals surface area contributed by atoms with Crippen LogP contribution in [0.3, 0.4) is 0 Å². The number of aliphatic hydroxyl groups is 1. The molecule has 0 radical (unpaired) electrons. The SMILES string of the molecule is O=[N+]([O-])c1ccc(-c2ccc(CNCC3(O)CCC3)s2)cc1. The van der Waals surface area contributed by atoms with E-state index in [1.165, 1.54) is 17.0 Å². The molecule has 1 aromatic carbocycles. The van der Waals surface area contributed by atoms with E-state index in [2.05, 4.69) is 11.4 Å². The summed E-state index contributed by atoms with van der Waals surface area (Å²) in [7, 11) is 0. The lowest BCUT2D eigenvalue weighted by Gasteiger charge is -2.36. The molecular weight excluding hydrogens is 300 g/mol. The highest BCUT2D eigenvalue weighted by Gasteiger charge is 2.33. The maximum Gasteiger partial charge on any atom is 0.269 e. The van der Waals surface area contributed by atoms with Gasteiger partial charge in [-0.05, 0) is 49.1 Å². The Labute approximate surface area is 132 Å². The van der Waals surface area contributed by atoms with Crippen LogP contribution in [0.2, 0.25) is 0 Å². The predicted molar refractivity (Wildman–Crippen MR) is 86.9 cm³/mol. The normalized spacial score (nSPS) is 16.2. The Bertz CT molecular complexity index is 662. The van der Waals surface area contributed by atoms with Gasteiger partial charge in [0.25, 0.3) is 5.69 Å². The molecule has 1 saturated carbocycles. The van der Waals surface area contributed by atoms with E-state index in [0.717, 1.165) is 36.2 Å². The number of nitro groups is 1. The molecule has 1 aliphatic carbocycles. The quantitative estimate of drug-likeness (QED) is 0.633. The van der Waals surface area contributed by atoms with Crippen molar-refractivity contribution < 1.29 is 10.0 Å². The summed E-state index contributed by atoms with van der Waals surface area (Å²) in [6.45, 7) is 1.37. The van der Waals surface area contributed by atoms with Crippen molar-refractivity contribution in [1.29, 1.82) is 0 Å². The van der Waals surface area contributed by atoms with Crippen LogP contribution in [0.15, 0.2) is 36.4 Å². The molecule has 6 heteroatoms. The van der Waals surface area contributed by atoms with Crippen molar-refractivity contribution in [2.75, 3.05) is 6.54 Å². The van der Waals surface area contributed by atoms with Gasteiger partial charge in [0.05, 0.1) is 10.5 Å². The maximum absolute atomic E-state index is 10.7. The number of benzene rings is 1. The van der Waals surface area contributed by atoms with Crippen molar-refractivity contribution in [3.8, 4) is 10.4 Å². The van der Waals surface area contributed by atoms with Gasteiger partial charge < -0.3 is 10.4 Å². The van der Waals surface area contributed by atoms with Gasteiger partial charge in [0, 0.05) is 35.0 Å². The number of nitro benzene ring substituents is 1. The molecule has 2 aromatic rings. The fourth-order valence-corrected chi connectivity index (χ4v) is 3.54. The molecule has 1 fully saturated rings. The number of nitrogens with one attached hydrogen (secondary N) is 1. The monoisotopic (exact) mass is 318 g/mol. The Morgan fingerprint density at radius 1 is 1.23 bits per heavy atom. The summed E-state index contributed by atoms with van der Waals surface area (Å²) in [6.07, 6.45) is 2.89. The third-order valence-corrected chi connectivity index (χ3v) is 5.20. The minimum Gasteiger partial charge on any atom is -0.389 e. The number of hydrogen-bond donors (Lipinski definition) is 2. The summed E-state index contributed by atoms with van der Waals surface area (Å²) >= 11 is 1.66. The second-order valence-electron chi connectivity index (χ2n) is 5.75. The van der Waals surface area contributed by atoms with Crippen molar-refractivity contribution in [2.45, 2.75) is 31.4 Å². The van der Waals surface area contributed by atoms with Gasteiger partial charge in [-0.1, -0.05) is 0 Å². The third kappa shape index (κ3) is 3.35. The first-order valence-corrected chi connectivity index (χ1v) is 8.14. The molecule has 1 heterocycles. The molecule has 0 unspecified atom stereocenters. The molecule has 1 aromatic heterocycles. The van der Waals surface area contributed by atoms with E-state index in [0.29, 0.717) is 6.54 Å². The first-order valence-electron chi connectivity index (χ1n) is 7.32. The molecule has 1 aliphatic rings. The minimum absolute atomic E-state index is 0.107. The lowest BCUT2D eigenvalue weighted by atomic mass is 9.80. The van der Waals surface area contributed by atoms with Crippen molar-refractivity contribution in [3.63, 3.8) is 0 Å². The highest BCUT2D eigenvalue weighted by Crippen LogP contribution is 2.31. The van der Waals surface area contributed by atoms with Crippen molar-refractivity contribution in [2.24, 2.45) is 0 Å². The molecular formula is C16H18N2O3S. The number of rotatable bonds is 6. The number of thiophene rings is 1. The van der Waals surface area contributed by atoms with Crippen molar-refractivity contribution in [1.82, 2.24) is 5.32 Å². The average molecular weight is 318 g/mol. The Morgan fingerprint density at radius 2 is 1.95 bits per heavy atom. The molecule has 5 nitrogen and oxygen atoms in total. The maximum atomic E-state index is 10.7. The second kappa shape index (κ2) is 6.16. The topological polar surface area (TPSA) is 75.4 Å². The Morgan fingerprint density at radius 3 is 2.55 bits per heavy atom. The lowest BCUT2D eigenvalue weighted by Crippen LogP contribution is -2.45. The fourth-order valence-electron chi connectivity index (χ4n) is 2.56. The fraction of sp³-hybridized carbons (Fsp3) is 0.375. The van der Waals surface area contributed by atoms with Crippen LogP contribution >= 0.6 is 11.3 Å². The van der Waals surface area contributed by atoms with Crippen LogP contribution in [0.5, 0.6) is 0 Å². The zero-order valence-corrected chi connectivity index (χ0v) is 12.9. The molecule has 3 rings (SSSR count). The van der Waals surface area contributed by atoms with Gasteiger partial charge in [0.15, 0.2) is 0 Å². The molecule has 0 bridgehead atoms. The zero-order chi connectivity index (χ0) is 15.6. The summed E-state index contributed by atoms with van der Waals surface area (Å²) in [5, 5.41) is 24.0. The highest BCUT2D eigenvalue weighted by atomic mass is 32.1.